The molecule has 23 heavy (non-hydrogen) atoms. The third kappa shape index (κ3) is 2.84. The summed E-state index contributed by atoms with van der Waals surface area (Å²) in [6.45, 7) is 2.08. The van der Waals surface area contributed by atoms with E-state index >= 15 is 0 Å². The minimum Gasteiger partial charge on any atom is -0.490 e. The quantitative estimate of drug-likeness (QED) is 0.476. The number of likely N-dealkylation sites (tertiary alicyclic amines) is 1. The molecule has 1 aliphatic heterocycles. The molecular weight excluding hydrogens is 304 g/mol. The van der Waals surface area contributed by atoms with Gasteiger partial charge < -0.3 is 14.4 Å². The molecule has 0 saturated carbocycles. The van der Waals surface area contributed by atoms with Crippen molar-refractivity contribution in [1.82, 2.24) is 4.90 Å². The van der Waals surface area contributed by atoms with Crippen LogP contribution in [0.15, 0.2) is 18.2 Å². The molecule has 0 spiro atoms. The zero-order chi connectivity index (χ0) is 17.2. The van der Waals surface area contributed by atoms with Crippen molar-refractivity contribution in [3.63, 3.8) is 0 Å². The molecule has 0 N–H and O–H groups in total. The summed E-state index contributed by atoms with van der Waals surface area (Å²) in [7, 11) is 2.58. The number of hydrogen-bond acceptors (Lipinski definition) is 6. The molecule has 124 valence electrons. The molecule has 8 nitrogen and oxygen atoms in total. The van der Waals surface area contributed by atoms with Gasteiger partial charge >= 0.3 is 11.7 Å². The highest BCUT2D eigenvalue weighted by atomic mass is 16.6. The molecule has 1 heterocycles. The van der Waals surface area contributed by atoms with Gasteiger partial charge in [0, 0.05) is 24.2 Å². The number of carbonyl (C=O) groups is 2. The summed E-state index contributed by atoms with van der Waals surface area (Å²) in [5, 5.41) is 10.9. The van der Waals surface area contributed by atoms with Gasteiger partial charge in [0.05, 0.1) is 19.1 Å². The lowest BCUT2D eigenvalue weighted by Crippen LogP contribution is -2.51. The molecule has 1 saturated heterocycles. The van der Waals surface area contributed by atoms with Crippen LogP contribution in [0.2, 0.25) is 0 Å². The monoisotopic (exact) mass is 322 g/mol. The van der Waals surface area contributed by atoms with Gasteiger partial charge in [-0.2, -0.15) is 0 Å². The van der Waals surface area contributed by atoms with Crippen molar-refractivity contribution >= 4 is 17.6 Å². The number of rotatable bonds is 4. The summed E-state index contributed by atoms with van der Waals surface area (Å²) in [4.78, 5) is 36.5. The SMILES string of the molecule is COC(=O)[C@]1(C)CCCN1C(=O)c1ccc([N+](=O)[O-])c(OC)c1. The Morgan fingerprint density at radius 3 is 2.61 bits per heavy atom. The second-order valence-electron chi connectivity index (χ2n) is 5.47. The summed E-state index contributed by atoms with van der Waals surface area (Å²) >= 11 is 0. The van der Waals surface area contributed by atoms with Crippen LogP contribution in [-0.2, 0) is 9.53 Å². The summed E-state index contributed by atoms with van der Waals surface area (Å²) in [6, 6.07) is 3.90. The van der Waals surface area contributed by atoms with E-state index in [1.165, 1.54) is 37.3 Å². The molecule has 1 aliphatic rings. The minimum absolute atomic E-state index is 0.000168. The average molecular weight is 322 g/mol. The van der Waals surface area contributed by atoms with E-state index in [4.69, 9.17) is 9.47 Å². The molecule has 2 rings (SSSR count). The molecule has 0 aromatic heterocycles. The molecular formula is C15H18N2O6. The van der Waals surface area contributed by atoms with Crippen LogP contribution in [0.5, 0.6) is 5.75 Å². The molecule has 0 radical (unpaired) electrons. The van der Waals surface area contributed by atoms with Crippen molar-refractivity contribution in [2.45, 2.75) is 25.3 Å². The van der Waals surface area contributed by atoms with Gasteiger partial charge in [-0.15, -0.1) is 0 Å². The van der Waals surface area contributed by atoms with Gasteiger partial charge in [-0.25, -0.2) is 4.79 Å². The Morgan fingerprint density at radius 2 is 2.04 bits per heavy atom. The lowest BCUT2D eigenvalue weighted by atomic mass is 9.98. The Bertz CT molecular complexity index is 659. The van der Waals surface area contributed by atoms with E-state index in [1.807, 2.05) is 0 Å². The first-order chi connectivity index (χ1) is 10.8. The van der Waals surface area contributed by atoms with Crippen LogP contribution in [0.1, 0.15) is 30.1 Å². The molecule has 8 heteroatoms. The normalized spacial score (nSPS) is 20.2. The number of benzene rings is 1. The van der Waals surface area contributed by atoms with E-state index < -0.39 is 16.4 Å². The van der Waals surface area contributed by atoms with E-state index in [1.54, 1.807) is 6.92 Å². The topological polar surface area (TPSA) is 99.0 Å². The van der Waals surface area contributed by atoms with Gasteiger partial charge in [-0.05, 0) is 25.8 Å². The van der Waals surface area contributed by atoms with Crippen molar-refractivity contribution < 1.29 is 24.0 Å². The van der Waals surface area contributed by atoms with Crippen LogP contribution in [0, 0.1) is 10.1 Å². The largest absolute Gasteiger partial charge is 0.490 e. The van der Waals surface area contributed by atoms with Crippen molar-refractivity contribution in [2.24, 2.45) is 0 Å². The first-order valence-electron chi connectivity index (χ1n) is 7.08. The summed E-state index contributed by atoms with van der Waals surface area (Å²) < 4.78 is 9.78. The van der Waals surface area contributed by atoms with Crippen LogP contribution >= 0.6 is 0 Å². The lowest BCUT2D eigenvalue weighted by molar-refractivity contribution is -0.385. The van der Waals surface area contributed by atoms with Crippen LogP contribution < -0.4 is 4.74 Å². The minimum atomic E-state index is -1.03. The van der Waals surface area contributed by atoms with Crippen LogP contribution in [0.3, 0.4) is 0 Å². The fourth-order valence-electron chi connectivity index (χ4n) is 2.84. The number of esters is 1. The maximum atomic E-state index is 12.7. The van der Waals surface area contributed by atoms with Gasteiger partial charge in [0.25, 0.3) is 5.91 Å². The third-order valence-corrected chi connectivity index (χ3v) is 4.13. The smallest absolute Gasteiger partial charge is 0.331 e. The molecule has 1 amide bonds. The molecule has 1 fully saturated rings. The number of ether oxygens (including phenoxy) is 2. The van der Waals surface area contributed by atoms with Crippen LogP contribution in [0.25, 0.3) is 0 Å². The summed E-state index contributed by atoms with van der Waals surface area (Å²) in [5.74, 6) is -0.861. The number of nitrogens with zero attached hydrogens (tertiary/aromatic N) is 2. The number of nitro groups is 1. The third-order valence-electron chi connectivity index (χ3n) is 4.13. The predicted octanol–water partition coefficient (Wildman–Crippen LogP) is 1.77. The highest BCUT2D eigenvalue weighted by Gasteiger charge is 2.47. The fourth-order valence-corrected chi connectivity index (χ4v) is 2.84. The van der Waals surface area contributed by atoms with Crippen molar-refractivity contribution in [1.29, 1.82) is 0 Å². The van der Waals surface area contributed by atoms with Crippen molar-refractivity contribution in [3.8, 4) is 5.75 Å². The Morgan fingerprint density at radius 1 is 1.35 bits per heavy atom. The number of nitro benzene ring substituents is 1. The Labute approximate surface area is 133 Å². The second kappa shape index (κ2) is 6.23. The Kier molecular flexibility index (Phi) is 4.53. The maximum Gasteiger partial charge on any atom is 0.331 e. The first-order valence-corrected chi connectivity index (χ1v) is 7.08. The highest BCUT2D eigenvalue weighted by molar-refractivity contribution is 5.99. The molecule has 0 unspecified atom stereocenters. The number of hydrogen-bond donors (Lipinski definition) is 0. The standard InChI is InChI=1S/C15H18N2O6/c1-15(14(19)23-3)7-4-8-16(15)13(18)10-5-6-11(17(20)21)12(9-10)22-2/h5-6,9H,4,7-8H2,1-3H3/t15-/m0/s1. The number of methoxy groups -OCH3 is 2. The van der Waals surface area contributed by atoms with Crippen LogP contribution in [0.4, 0.5) is 5.69 Å². The number of carbonyl (C=O) groups excluding carboxylic acids is 2. The second-order valence-corrected chi connectivity index (χ2v) is 5.47. The van der Waals surface area contributed by atoms with Crippen LogP contribution in [-0.4, -0.2) is 48.0 Å². The molecule has 0 bridgehead atoms. The lowest BCUT2D eigenvalue weighted by Gasteiger charge is -2.32. The summed E-state index contributed by atoms with van der Waals surface area (Å²) in [6.07, 6.45) is 1.19. The van der Waals surface area contributed by atoms with Gasteiger partial charge in [0.1, 0.15) is 5.54 Å². The molecule has 1 atom stereocenters. The highest BCUT2D eigenvalue weighted by Crippen LogP contribution is 2.33. The van der Waals surface area contributed by atoms with Crippen molar-refractivity contribution in [3.05, 3.63) is 33.9 Å². The van der Waals surface area contributed by atoms with Gasteiger partial charge in [0.2, 0.25) is 0 Å². The first kappa shape index (κ1) is 16.7. The summed E-state index contributed by atoms with van der Waals surface area (Å²) in [5.41, 5.74) is -1.02. The van der Waals surface area contributed by atoms with E-state index in [2.05, 4.69) is 0 Å². The number of amides is 1. The van der Waals surface area contributed by atoms with E-state index in [0.717, 1.165) is 0 Å². The van der Waals surface area contributed by atoms with E-state index in [9.17, 15) is 19.7 Å². The van der Waals surface area contributed by atoms with Gasteiger partial charge in [-0.3, -0.25) is 14.9 Å². The predicted molar refractivity (Wildman–Crippen MR) is 80.3 cm³/mol. The zero-order valence-electron chi connectivity index (χ0n) is 13.2. The molecule has 1 aromatic rings. The van der Waals surface area contributed by atoms with E-state index in [-0.39, 0.29) is 22.9 Å². The van der Waals surface area contributed by atoms with Gasteiger partial charge in [0.15, 0.2) is 5.75 Å². The van der Waals surface area contributed by atoms with Crippen molar-refractivity contribution in [2.75, 3.05) is 20.8 Å². The Hall–Kier alpha value is -2.64. The molecule has 0 aliphatic carbocycles. The maximum absolute atomic E-state index is 12.7. The zero-order valence-corrected chi connectivity index (χ0v) is 13.2. The van der Waals surface area contributed by atoms with Gasteiger partial charge in [-0.1, -0.05) is 0 Å². The fraction of sp³-hybridized carbons (Fsp3) is 0.467. The average Bonchev–Trinajstić information content (AvgIpc) is 2.95. The molecule has 1 aromatic carbocycles. The van der Waals surface area contributed by atoms with E-state index in [0.29, 0.717) is 19.4 Å². The Balaban J connectivity index is 2.37.